The molecule has 0 unspecified atom stereocenters. The van der Waals surface area contributed by atoms with Gasteiger partial charge in [0.25, 0.3) is 0 Å². The molecule has 3 heterocycles. The summed E-state index contributed by atoms with van der Waals surface area (Å²) in [6.45, 7) is 0.546. The van der Waals surface area contributed by atoms with Crippen molar-refractivity contribution in [2.45, 2.75) is 12.7 Å². The molecule has 0 N–H and O–H groups in total. The maximum atomic E-state index is 12.6. The summed E-state index contributed by atoms with van der Waals surface area (Å²) in [7, 11) is 0. The van der Waals surface area contributed by atoms with Gasteiger partial charge in [-0.15, -0.1) is 0 Å². The van der Waals surface area contributed by atoms with Crippen molar-refractivity contribution in [2.75, 3.05) is 0 Å². The molecule has 102 valence electrons. The molecule has 0 fully saturated rings. The molecule has 0 spiro atoms. The van der Waals surface area contributed by atoms with Crippen LogP contribution in [-0.4, -0.2) is 14.5 Å². The quantitative estimate of drug-likeness (QED) is 0.717. The molecule has 0 aliphatic heterocycles. The maximum Gasteiger partial charge on any atom is 0.417 e. The van der Waals surface area contributed by atoms with E-state index in [4.69, 9.17) is 0 Å². The zero-order valence-electron chi connectivity index (χ0n) is 10.3. The van der Waals surface area contributed by atoms with E-state index < -0.39 is 11.7 Å². The number of rotatable bonds is 2. The Morgan fingerprint density at radius 2 is 1.85 bits per heavy atom. The minimum Gasteiger partial charge on any atom is -0.328 e. The lowest BCUT2D eigenvalue weighted by Crippen LogP contribution is -2.06. The first kappa shape index (κ1) is 12.7. The van der Waals surface area contributed by atoms with Gasteiger partial charge in [-0.1, -0.05) is 0 Å². The number of halogens is 3. The standard InChI is InChI=1S/C14H10F3N3/c15-14(16,17)12-7-11-3-6-20(13(11)19-8-12)9-10-1-4-18-5-2-10/h1-8H,9H2. The van der Waals surface area contributed by atoms with Crippen LogP contribution in [-0.2, 0) is 12.7 Å². The first-order chi connectivity index (χ1) is 9.54. The third kappa shape index (κ3) is 2.36. The highest BCUT2D eigenvalue weighted by Gasteiger charge is 2.31. The number of alkyl halides is 3. The van der Waals surface area contributed by atoms with E-state index in [-0.39, 0.29) is 0 Å². The van der Waals surface area contributed by atoms with E-state index in [1.165, 1.54) is 0 Å². The fourth-order valence-electron chi connectivity index (χ4n) is 2.05. The number of nitrogens with zero attached hydrogens (tertiary/aromatic N) is 3. The van der Waals surface area contributed by atoms with Crippen LogP contribution in [0.3, 0.4) is 0 Å². The van der Waals surface area contributed by atoms with E-state index in [0.29, 0.717) is 17.6 Å². The van der Waals surface area contributed by atoms with E-state index in [1.54, 1.807) is 24.7 Å². The number of hydrogen-bond acceptors (Lipinski definition) is 2. The van der Waals surface area contributed by atoms with Gasteiger partial charge in [-0.25, -0.2) is 4.98 Å². The molecule has 0 radical (unpaired) electrons. The zero-order valence-corrected chi connectivity index (χ0v) is 10.3. The topological polar surface area (TPSA) is 30.7 Å². The predicted molar refractivity (Wildman–Crippen MR) is 68.1 cm³/mol. The minimum atomic E-state index is -4.37. The Morgan fingerprint density at radius 1 is 1.10 bits per heavy atom. The molecule has 0 aromatic carbocycles. The van der Waals surface area contributed by atoms with Crippen molar-refractivity contribution >= 4 is 11.0 Å². The SMILES string of the molecule is FC(F)(F)c1cnc2c(ccn2Cc2ccncc2)c1. The van der Waals surface area contributed by atoms with Crippen LogP contribution in [0.1, 0.15) is 11.1 Å². The zero-order chi connectivity index (χ0) is 14.2. The first-order valence-corrected chi connectivity index (χ1v) is 5.95. The van der Waals surface area contributed by atoms with Crippen molar-refractivity contribution in [1.82, 2.24) is 14.5 Å². The highest BCUT2D eigenvalue weighted by Crippen LogP contribution is 2.30. The van der Waals surface area contributed by atoms with Gasteiger partial charge < -0.3 is 4.57 Å². The van der Waals surface area contributed by atoms with E-state index in [2.05, 4.69) is 9.97 Å². The molecule has 0 bridgehead atoms. The average molecular weight is 277 g/mol. The lowest BCUT2D eigenvalue weighted by Gasteiger charge is -2.07. The number of pyridine rings is 2. The smallest absolute Gasteiger partial charge is 0.328 e. The van der Waals surface area contributed by atoms with Crippen molar-refractivity contribution in [1.29, 1.82) is 0 Å². The summed E-state index contributed by atoms with van der Waals surface area (Å²) in [4.78, 5) is 7.86. The Balaban J connectivity index is 1.98. The predicted octanol–water partition coefficient (Wildman–Crippen LogP) is 3.50. The monoisotopic (exact) mass is 277 g/mol. The van der Waals surface area contributed by atoms with Crippen LogP contribution in [0.5, 0.6) is 0 Å². The van der Waals surface area contributed by atoms with Gasteiger partial charge in [-0.05, 0) is 29.8 Å². The molecule has 3 nitrogen and oxygen atoms in total. The van der Waals surface area contributed by atoms with Crippen LogP contribution in [0.25, 0.3) is 11.0 Å². The normalized spacial score (nSPS) is 11.9. The molecule has 0 saturated carbocycles. The summed E-state index contributed by atoms with van der Waals surface area (Å²) in [5, 5.41) is 0.480. The van der Waals surface area contributed by atoms with E-state index in [1.807, 2.05) is 16.7 Å². The van der Waals surface area contributed by atoms with Gasteiger partial charge in [0, 0.05) is 36.7 Å². The first-order valence-electron chi connectivity index (χ1n) is 5.95. The summed E-state index contributed by atoms with van der Waals surface area (Å²) in [5.41, 5.74) is 0.820. The van der Waals surface area contributed by atoms with Gasteiger partial charge >= 0.3 is 6.18 Å². The summed E-state index contributed by atoms with van der Waals surface area (Å²) < 4.78 is 39.7. The van der Waals surface area contributed by atoms with Crippen LogP contribution < -0.4 is 0 Å². The van der Waals surface area contributed by atoms with Gasteiger partial charge in [0.2, 0.25) is 0 Å². The van der Waals surface area contributed by atoms with Gasteiger partial charge in [0.15, 0.2) is 0 Å². The van der Waals surface area contributed by atoms with Gasteiger partial charge in [0.05, 0.1) is 5.56 Å². The molecule has 0 aliphatic rings. The van der Waals surface area contributed by atoms with E-state index in [0.717, 1.165) is 17.8 Å². The van der Waals surface area contributed by atoms with E-state index >= 15 is 0 Å². The Morgan fingerprint density at radius 3 is 2.55 bits per heavy atom. The van der Waals surface area contributed by atoms with Gasteiger partial charge in [-0.2, -0.15) is 13.2 Å². The molecule has 0 aliphatic carbocycles. The molecule has 0 atom stereocenters. The van der Waals surface area contributed by atoms with Crippen LogP contribution in [0.15, 0.2) is 49.1 Å². The van der Waals surface area contributed by atoms with Crippen molar-refractivity contribution in [3.8, 4) is 0 Å². The molecule has 3 aromatic heterocycles. The van der Waals surface area contributed by atoms with Crippen molar-refractivity contribution in [2.24, 2.45) is 0 Å². The summed E-state index contributed by atoms with van der Waals surface area (Å²) >= 11 is 0. The largest absolute Gasteiger partial charge is 0.417 e. The molecule has 3 aromatic rings. The third-order valence-corrected chi connectivity index (χ3v) is 3.03. The second-order valence-electron chi connectivity index (χ2n) is 4.43. The van der Waals surface area contributed by atoms with Crippen molar-refractivity contribution in [3.63, 3.8) is 0 Å². The fourth-order valence-corrected chi connectivity index (χ4v) is 2.05. The molecule has 6 heteroatoms. The third-order valence-electron chi connectivity index (χ3n) is 3.03. The Hall–Kier alpha value is -2.37. The summed E-state index contributed by atoms with van der Waals surface area (Å²) in [5.74, 6) is 0. The lowest BCUT2D eigenvalue weighted by molar-refractivity contribution is -0.137. The van der Waals surface area contributed by atoms with Crippen molar-refractivity contribution in [3.05, 3.63) is 60.2 Å². The van der Waals surface area contributed by atoms with Gasteiger partial charge in [-0.3, -0.25) is 4.98 Å². The summed E-state index contributed by atoms with van der Waals surface area (Å²) in [6.07, 6.45) is 1.59. The average Bonchev–Trinajstić information content (AvgIpc) is 2.81. The van der Waals surface area contributed by atoms with Crippen LogP contribution >= 0.6 is 0 Å². The van der Waals surface area contributed by atoms with Crippen molar-refractivity contribution < 1.29 is 13.2 Å². The van der Waals surface area contributed by atoms with Crippen LogP contribution in [0.4, 0.5) is 13.2 Å². The molecule has 0 saturated heterocycles. The van der Waals surface area contributed by atoms with Crippen LogP contribution in [0, 0.1) is 0 Å². The molecular weight excluding hydrogens is 267 g/mol. The number of aromatic nitrogens is 3. The molecule has 3 rings (SSSR count). The maximum absolute atomic E-state index is 12.6. The second-order valence-corrected chi connectivity index (χ2v) is 4.43. The van der Waals surface area contributed by atoms with E-state index in [9.17, 15) is 13.2 Å². The second kappa shape index (κ2) is 4.63. The van der Waals surface area contributed by atoms with Crippen LogP contribution in [0.2, 0.25) is 0 Å². The minimum absolute atomic E-state index is 0.480. The molecular formula is C14H10F3N3. The summed E-state index contributed by atoms with van der Waals surface area (Å²) in [6, 6.07) is 6.47. The number of hydrogen-bond donors (Lipinski definition) is 0. The molecule has 20 heavy (non-hydrogen) atoms. The molecule has 0 amide bonds. The Kier molecular flexibility index (Phi) is 2.93. The fraction of sp³-hybridized carbons (Fsp3) is 0.143. The highest BCUT2D eigenvalue weighted by molar-refractivity contribution is 5.76. The lowest BCUT2D eigenvalue weighted by atomic mass is 10.2. The number of fused-ring (bicyclic) bond motifs is 1. The van der Waals surface area contributed by atoms with Gasteiger partial charge in [0.1, 0.15) is 5.65 Å². The highest BCUT2D eigenvalue weighted by atomic mass is 19.4. The Bertz CT molecular complexity index is 732. The Labute approximate surface area is 112 Å².